The molecule has 0 fully saturated rings. The maximum Gasteiger partial charge on any atom is 0.282 e. The van der Waals surface area contributed by atoms with E-state index in [2.05, 4.69) is 17.3 Å². The van der Waals surface area contributed by atoms with Crippen LogP contribution in [0.15, 0.2) is 89.6 Å². The second-order valence-electron chi connectivity index (χ2n) is 8.53. The number of fused-ring (bicyclic) bond motifs is 3. The summed E-state index contributed by atoms with van der Waals surface area (Å²) in [6.45, 7) is 2.29. The summed E-state index contributed by atoms with van der Waals surface area (Å²) in [6, 6.07) is 14.7. The Bertz CT molecular complexity index is 1620. The van der Waals surface area contributed by atoms with Gasteiger partial charge in [0.2, 0.25) is 0 Å². The molecule has 0 N–H and O–H groups in total. The molecule has 2 aromatic carbocycles. The number of rotatable bonds is 4. The zero-order chi connectivity index (χ0) is 23.2. The Balaban J connectivity index is 1.48. The summed E-state index contributed by atoms with van der Waals surface area (Å²) in [4.78, 5) is 13.4. The number of hydrogen-bond donors (Lipinski definition) is 0. The Labute approximate surface area is 195 Å². The van der Waals surface area contributed by atoms with Crippen LogP contribution in [0.3, 0.4) is 0 Å². The molecule has 0 unspecified atom stereocenters. The molecule has 0 amide bonds. The highest BCUT2D eigenvalue weighted by molar-refractivity contribution is 5.94. The first kappa shape index (κ1) is 20.4. The Hall–Kier alpha value is -4.26. The van der Waals surface area contributed by atoms with Crippen LogP contribution in [0, 0.1) is 5.82 Å². The molecule has 0 saturated carbocycles. The van der Waals surface area contributed by atoms with Gasteiger partial charge in [-0.1, -0.05) is 36.4 Å². The van der Waals surface area contributed by atoms with Crippen LogP contribution in [-0.2, 0) is 6.54 Å². The van der Waals surface area contributed by atoms with Crippen molar-refractivity contribution in [3.63, 3.8) is 0 Å². The number of halogens is 1. The second-order valence-corrected chi connectivity index (χ2v) is 8.53. The lowest BCUT2D eigenvalue weighted by Gasteiger charge is -2.15. The molecule has 0 radical (unpaired) electrons. The summed E-state index contributed by atoms with van der Waals surface area (Å²) in [5.41, 5.74) is 4.97. The average Bonchev–Trinajstić information content (AvgIpc) is 3.50. The van der Waals surface area contributed by atoms with Crippen molar-refractivity contribution in [2.45, 2.75) is 26.3 Å². The molecule has 34 heavy (non-hydrogen) atoms. The number of aromatic nitrogens is 5. The van der Waals surface area contributed by atoms with Crippen LogP contribution in [0.2, 0.25) is 0 Å². The van der Waals surface area contributed by atoms with E-state index in [1.807, 2.05) is 41.8 Å². The van der Waals surface area contributed by atoms with Gasteiger partial charge in [0.05, 0.1) is 29.0 Å². The molecule has 3 aliphatic rings. The number of pyridine rings is 1. The Morgan fingerprint density at radius 1 is 1.06 bits per heavy atom. The van der Waals surface area contributed by atoms with Gasteiger partial charge in [-0.3, -0.25) is 4.79 Å². The lowest BCUT2D eigenvalue weighted by atomic mass is 10.1. The van der Waals surface area contributed by atoms with Crippen LogP contribution in [0.1, 0.15) is 25.3 Å². The van der Waals surface area contributed by atoms with Crippen LogP contribution in [0.5, 0.6) is 0 Å². The van der Waals surface area contributed by atoms with Crippen molar-refractivity contribution in [3.8, 4) is 16.9 Å². The summed E-state index contributed by atoms with van der Waals surface area (Å²) < 4.78 is 20.1. The first-order valence-electron chi connectivity index (χ1n) is 11.3. The number of benzene rings is 2. The smallest absolute Gasteiger partial charge is 0.282 e. The standard InChI is InChI=1S/C27H22FN5O/c1-18-7-2-4-9-24(18)33-27(34)22-17-31(25-10-5-3-8-21(25)26(22)30-33)16-19-11-12-20(15-23(19)28)32-14-6-13-29-32/h3,5-15,17H,2,4,16H2,1H3. The molecule has 168 valence electrons. The largest absolute Gasteiger partial charge is 0.342 e. The van der Waals surface area contributed by atoms with Gasteiger partial charge in [-0.25, -0.2) is 9.07 Å². The van der Waals surface area contributed by atoms with E-state index in [4.69, 9.17) is 5.10 Å². The van der Waals surface area contributed by atoms with Gasteiger partial charge in [0.25, 0.3) is 5.56 Å². The number of allylic oxidation sites excluding steroid dienone is 4. The van der Waals surface area contributed by atoms with Crippen LogP contribution < -0.4 is 5.56 Å². The van der Waals surface area contributed by atoms with Gasteiger partial charge >= 0.3 is 0 Å². The molecule has 0 saturated heterocycles. The van der Waals surface area contributed by atoms with Crippen molar-refractivity contribution >= 4 is 16.6 Å². The molecular weight excluding hydrogens is 429 g/mol. The third kappa shape index (κ3) is 3.28. The fourth-order valence-electron chi connectivity index (χ4n) is 4.62. The highest BCUT2D eigenvalue weighted by Gasteiger charge is 2.23. The molecule has 1 aliphatic carbocycles. The molecule has 0 bridgehead atoms. The van der Waals surface area contributed by atoms with Crippen molar-refractivity contribution in [1.29, 1.82) is 0 Å². The summed E-state index contributed by atoms with van der Waals surface area (Å²) >= 11 is 0. The van der Waals surface area contributed by atoms with Crippen LogP contribution in [0.4, 0.5) is 4.39 Å². The normalized spacial score (nSPS) is 13.9. The van der Waals surface area contributed by atoms with Gasteiger partial charge in [0.15, 0.2) is 0 Å². The molecule has 0 spiro atoms. The van der Waals surface area contributed by atoms with E-state index >= 15 is 4.39 Å². The minimum atomic E-state index is -0.323. The van der Waals surface area contributed by atoms with Crippen molar-refractivity contribution in [2.24, 2.45) is 0 Å². The predicted molar refractivity (Wildman–Crippen MR) is 131 cm³/mol. The second kappa shape index (κ2) is 7.95. The third-order valence-electron chi connectivity index (χ3n) is 6.36. The summed E-state index contributed by atoms with van der Waals surface area (Å²) in [7, 11) is 0. The van der Waals surface area contributed by atoms with Crippen molar-refractivity contribution in [2.75, 3.05) is 0 Å². The first-order valence-corrected chi connectivity index (χ1v) is 11.3. The Morgan fingerprint density at radius 3 is 2.71 bits per heavy atom. The van der Waals surface area contributed by atoms with E-state index in [0.717, 1.165) is 35.0 Å². The van der Waals surface area contributed by atoms with E-state index in [1.165, 1.54) is 10.7 Å². The zero-order valence-corrected chi connectivity index (χ0v) is 18.6. The summed E-state index contributed by atoms with van der Waals surface area (Å²) in [5.74, 6) is -0.323. The minimum Gasteiger partial charge on any atom is -0.342 e. The molecule has 6 rings (SSSR count). The SMILES string of the molecule is CC1=CCCC=C1n1nc2c3ccccc3n(Cc3ccc(-n4cccn4)cc3F)cc-2c1=O. The topological polar surface area (TPSA) is 57.6 Å². The minimum absolute atomic E-state index is 0.162. The summed E-state index contributed by atoms with van der Waals surface area (Å²) in [6.07, 6.45) is 11.3. The van der Waals surface area contributed by atoms with E-state index in [9.17, 15) is 4.79 Å². The van der Waals surface area contributed by atoms with Crippen molar-refractivity contribution in [3.05, 3.63) is 107 Å². The van der Waals surface area contributed by atoms with Crippen molar-refractivity contribution < 1.29 is 4.39 Å². The van der Waals surface area contributed by atoms with Crippen LogP contribution in [0.25, 0.3) is 33.5 Å². The monoisotopic (exact) mass is 451 g/mol. The fraction of sp³-hybridized carbons (Fsp3) is 0.148. The maximum absolute atomic E-state index is 15.1. The van der Waals surface area contributed by atoms with E-state index < -0.39 is 0 Å². The van der Waals surface area contributed by atoms with Gasteiger partial charge in [0, 0.05) is 29.5 Å². The third-order valence-corrected chi connectivity index (χ3v) is 6.36. The highest BCUT2D eigenvalue weighted by Crippen LogP contribution is 2.30. The van der Waals surface area contributed by atoms with Gasteiger partial charge in [-0.05, 0) is 49.6 Å². The zero-order valence-electron chi connectivity index (χ0n) is 18.6. The number of hydrogen-bond acceptors (Lipinski definition) is 3. The van der Waals surface area contributed by atoms with Crippen LogP contribution in [-0.4, -0.2) is 24.1 Å². The van der Waals surface area contributed by atoms with Crippen LogP contribution >= 0.6 is 0 Å². The lowest BCUT2D eigenvalue weighted by molar-refractivity contribution is 0.599. The average molecular weight is 452 g/mol. The first-order chi connectivity index (χ1) is 16.6. The molecule has 7 heteroatoms. The fourth-order valence-corrected chi connectivity index (χ4v) is 4.62. The van der Waals surface area contributed by atoms with Gasteiger partial charge in [-0.2, -0.15) is 14.9 Å². The number of para-hydroxylation sites is 1. The quantitative estimate of drug-likeness (QED) is 0.375. The number of nitrogens with zero attached hydrogens (tertiary/aromatic N) is 5. The van der Waals surface area contributed by atoms with E-state index in [-0.39, 0.29) is 17.9 Å². The molecule has 6 nitrogen and oxygen atoms in total. The van der Waals surface area contributed by atoms with E-state index in [1.54, 1.807) is 35.4 Å². The van der Waals surface area contributed by atoms with Crippen molar-refractivity contribution in [1.82, 2.24) is 24.1 Å². The van der Waals surface area contributed by atoms with Gasteiger partial charge in [0.1, 0.15) is 11.5 Å². The lowest BCUT2D eigenvalue weighted by Crippen LogP contribution is -2.18. The summed E-state index contributed by atoms with van der Waals surface area (Å²) in [5, 5.41) is 9.75. The predicted octanol–water partition coefficient (Wildman–Crippen LogP) is 5.26. The van der Waals surface area contributed by atoms with E-state index in [0.29, 0.717) is 22.5 Å². The molecule has 0 atom stereocenters. The highest BCUT2D eigenvalue weighted by atomic mass is 19.1. The molecule has 1 aromatic heterocycles. The molecular formula is C27H22FN5O. The molecule has 3 aromatic rings. The molecule has 3 heterocycles. The van der Waals surface area contributed by atoms with Gasteiger partial charge in [-0.15, -0.1) is 0 Å². The molecule has 2 aliphatic heterocycles. The Morgan fingerprint density at radius 2 is 1.91 bits per heavy atom. The maximum atomic E-state index is 15.1. The van der Waals surface area contributed by atoms with Gasteiger partial charge < -0.3 is 4.57 Å². The Kier molecular flexibility index (Phi) is 4.76.